The van der Waals surface area contributed by atoms with Crippen LogP contribution in [0.25, 0.3) is 5.82 Å². The van der Waals surface area contributed by atoms with E-state index in [0.29, 0.717) is 34.5 Å². The zero-order valence-corrected chi connectivity index (χ0v) is 19.0. The van der Waals surface area contributed by atoms with Crippen molar-refractivity contribution in [3.63, 3.8) is 0 Å². The zero-order valence-electron chi connectivity index (χ0n) is 18.2. The lowest BCUT2D eigenvalue weighted by Crippen LogP contribution is -2.14. The molecule has 9 heteroatoms. The van der Waals surface area contributed by atoms with Crippen LogP contribution >= 0.6 is 0 Å². The number of aromatic nitrogens is 4. The maximum Gasteiger partial charge on any atom is 0.262 e. The number of nitrogens with one attached hydrogen (secondary N) is 1. The standard InChI is InChI=1S/C23H23N5O3S/c1-15-5-10-21(16(2)13-15)32(29,30)27-19-6-8-20(9-7-19)31-23-14-22(25-17(3)26-23)28-12-11-24-18(28)4/h5-14,27H,1-4H3. The quantitative estimate of drug-likeness (QED) is 0.466. The van der Waals surface area contributed by atoms with Gasteiger partial charge in [0.2, 0.25) is 5.88 Å². The van der Waals surface area contributed by atoms with Crippen LogP contribution in [0.15, 0.2) is 65.8 Å². The van der Waals surface area contributed by atoms with Gasteiger partial charge in [-0.15, -0.1) is 0 Å². The molecule has 2 aromatic heterocycles. The number of benzene rings is 2. The Hall–Kier alpha value is -3.72. The second-order valence-electron chi connectivity index (χ2n) is 7.46. The van der Waals surface area contributed by atoms with E-state index in [-0.39, 0.29) is 4.90 Å². The van der Waals surface area contributed by atoms with E-state index < -0.39 is 10.0 Å². The van der Waals surface area contributed by atoms with E-state index in [1.807, 2.05) is 30.7 Å². The first-order valence-corrected chi connectivity index (χ1v) is 11.4. The molecule has 0 saturated carbocycles. The molecule has 0 amide bonds. The minimum atomic E-state index is -3.69. The summed E-state index contributed by atoms with van der Waals surface area (Å²) in [6, 6.07) is 13.6. The van der Waals surface area contributed by atoms with Crippen molar-refractivity contribution in [2.24, 2.45) is 0 Å². The van der Waals surface area contributed by atoms with Gasteiger partial charge in [0.15, 0.2) is 0 Å². The highest BCUT2D eigenvalue weighted by atomic mass is 32.2. The smallest absolute Gasteiger partial charge is 0.262 e. The molecule has 0 fully saturated rings. The van der Waals surface area contributed by atoms with Crippen LogP contribution in [0, 0.1) is 27.7 Å². The normalized spacial score (nSPS) is 11.4. The number of imidazole rings is 1. The third-order valence-electron chi connectivity index (χ3n) is 4.82. The SMILES string of the molecule is Cc1ccc(S(=O)(=O)Nc2ccc(Oc3cc(-n4ccnc4C)nc(C)n3)cc2)c(C)c1. The fourth-order valence-electron chi connectivity index (χ4n) is 3.34. The summed E-state index contributed by atoms with van der Waals surface area (Å²) < 4.78 is 35.8. The Kier molecular flexibility index (Phi) is 5.67. The van der Waals surface area contributed by atoms with Crippen molar-refractivity contribution in [2.75, 3.05) is 4.72 Å². The number of hydrogen-bond donors (Lipinski definition) is 1. The number of rotatable bonds is 6. The van der Waals surface area contributed by atoms with Crippen LogP contribution in [0.2, 0.25) is 0 Å². The van der Waals surface area contributed by atoms with Crippen LogP contribution in [0.5, 0.6) is 11.6 Å². The summed E-state index contributed by atoms with van der Waals surface area (Å²) in [5.74, 6) is 2.91. The van der Waals surface area contributed by atoms with Gasteiger partial charge in [0.25, 0.3) is 10.0 Å². The zero-order chi connectivity index (χ0) is 22.9. The van der Waals surface area contributed by atoms with Crippen molar-refractivity contribution < 1.29 is 13.2 Å². The molecule has 0 atom stereocenters. The van der Waals surface area contributed by atoms with Crippen LogP contribution in [-0.2, 0) is 10.0 Å². The van der Waals surface area contributed by atoms with E-state index in [0.717, 1.165) is 11.4 Å². The molecule has 8 nitrogen and oxygen atoms in total. The van der Waals surface area contributed by atoms with Gasteiger partial charge in [-0.3, -0.25) is 9.29 Å². The van der Waals surface area contributed by atoms with Gasteiger partial charge in [-0.25, -0.2) is 18.4 Å². The molecule has 2 aromatic carbocycles. The number of aryl methyl sites for hydroxylation is 4. The molecule has 0 aliphatic heterocycles. The van der Waals surface area contributed by atoms with Gasteiger partial charge in [0.05, 0.1) is 4.90 Å². The van der Waals surface area contributed by atoms with Crippen molar-refractivity contribution in [1.82, 2.24) is 19.5 Å². The van der Waals surface area contributed by atoms with Crippen molar-refractivity contribution in [2.45, 2.75) is 32.6 Å². The summed E-state index contributed by atoms with van der Waals surface area (Å²) in [6.45, 7) is 7.37. The molecule has 0 radical (unpaired) electrons. The Balaban J connectivity index is 1.52. The molecular formula is C23H23N5O3S. The predicted octanol–water partition coefficient (Wildman–Crippen LogP) is 4.49. The van der Waals surface area contributed by atoms with Crippen molar-refractivity contribution in [1.29, 1.82) is 0 Å². The summed E-state index contributed by atoms with van der Waals surface area (Å²) in [7, 11) is -3.69. The second kappa shape index (κ2) is 8.43. The van der Waals surface area contributed by atoms with Crippen LogP contribution in [0.3, 0.4) is 0 Å². The molecule has 0 unspecified atom stereocenters. The highest BCUT2D eigenvalue weighted by Gasteiger charge is 2.17. The Morgan fingerprint density at radius 1 is 0.938 bits per heavy atom. The Bertz CT molecular complexity index is 1380. The van der Waals surface area contributed by atoms with E-state index in [2.05, 4.69) is 19.7 Å². The first-order chi connectivity index (χ1) is 15.2. The van der Waals surface area contributed by atoms with Crippen LogP contribution < -0.4 is 9.46 Å². The van der Waals surface area contributed by atoms with E-state index in [4.69, 9.17) is 4.74 Å². The molecule has 0 aliphatic carbocycles. The minimum Gasteiger partial charge on any atom is -0.439 e. The molecule has 0 aliphatic rings. The average Bonchev–Trinajstić information content (AvgIpc) is 3.14. The van der Waals surface area contributed by atoms with Crippen LogP contribution in [-0.4, -0.2) is 27.9 Å². The topological polar surface area (TPSA) is 99.0 Å². The van der Waals surface area contributed by atoms with Crippen molar-refractivity contribution >= 4 is 15.7 Å². The van der Waals surface area contributed by atoms with E-state index in [1.54, 1.807) is 62.5 Å². The highest BCUT2D eigenvalue weighted by molar-refractivity contribution is 7.92. The van der Waals surface area contributed by atoms with E-state index >= 15 is 0 Å². The third kappa shape index (κ3) is 4.62. The number of sulfonamides is 1. The van der Waals surface area contributed by atoms with Gasteiger partial charge >= 0.3 is 0 Å². The molecule has 2 heterocycles. The highest BCUT2D eigenvalue weighted by Crippen LogP contribution is 2.25. The lowest BCUT2D eigenvalue weighted by molar-refractivity contribution is 0.459. The summed E-state index contributed by atoms with van der Waals surface area (Å²) in [4.78, 5) is 13.2. The van der Waals surface area contributed by atoms with Gasteiger partial charge in [-0.2, -0.15) is 4.98 Å². The molecule has 32 heavy (non-hydrogen) atoms. The molecule has 4 aromatic rings. The summed E-state index contributed by atoms with van der Waals surface area (Å²) in [6.07, 6.45) is 3.52. The largest absolute Gasteiger partial charge is 0.439 e. The Labute approximate surface area is 187 Å². The first-order valence-electron chi connectivity index (χ1n) is 9.95. The monoisotopic (exact) mass is 449 g/mol. The molecule has 0 bridgehead atoms. The Morgan fingerprint density at radius 3 is 2.34 bits per heavy atom. The number of hydrogen-bond acceptors (Lipinski definition) is 6. The molecule has 4 rings (SSSR count). The van der Waals surface area contributed by atoms with Gasteiger partial charge in [0.1, 0.15) is 23.2 Å². The summed E-state index contributed by atoms with van der Waals surface area (Å²) in [5, 5.41) is 0. The third-order valence-corrected chi connectivity index (χ3v) is 6.36. The molecule has 0 saturated heterocycles. The summed E-state index contributed by atoms with van der Waals surface area (Å²) >= 11 is 0. The maximum absolute atomic E-state index is 12.8. The minimum absolute atomic E-state index is 0.252. The van der Waals surface area contributed by atoms with Gasteiger partial charge in [-0.05, 0) is 63.6 Å². The van der Waals surface area contributed by atoms with Crippen LogP contribution in [0.4, 0.5) is 5.69 Å². The lowest BCUT2D eigenvalue weighted by Gasteiger charge is -2.12. The first kappa shape index (κ1) is 21.5. The van der Waals surface area contributed by atoms with Gasteiger partial charge in [-0.1, -0.05) is 17.7 Å². The second-order valence-corrected chi connectivity index (χ2v) is 9.11. The fourth-order valence-corrected chi connectivity index (χ4v) is 4.63. The van der Waals surface area contributed by atoms with Crippen molar-refractivity contribution in [3.05, 3.63) is 83.7 Å². The summed E-state index contributed by atoms with van der Waals surface area (Å²) in [5.41, 5.74) is 2.14. The molecule has 1 N–H and O–H groups in total. The van der Waals surface area contributed by atoms with E-state index in [9.17, 15) is 8.42 Å². The van der Waals surface area contributed by atoms with Crippen molar-refractivity contribution in [3.8, 4) is 17.4 Å². The molecule has 0 spiro atoms. The molecular weight excluding hydrogens is 426 g/mol. The average molecular weight is 450 g/mol. The number of anilines is 1. The fraction of sp³-hybridized carbons (Fsp3) is 0.174. The number of nitrogens with zero attached hydrogens (tertiary/aromatic N) is 4. The number of ether oxygens (including phenoxy) is 1. The maximum atomic E-state index is 12.8. The predicted molar refractivity (Wildman–Crippen MR) is 122 cm³/mol. The Morgan fingerprint density at radius 2 is 1.69 bits per heavy atom. The molecule has 164 valence electrons. The lowest BCUT2D eigenvalue weighted by atomic mass is 10.2. The van der Waals surface area contributed by atoms with Crippen LogP contribution in [0.1, 0.15) is 22.8 Å². The van der Waals surface area contributed by atoms with Gasteiger partial charge < -0.3 is 4.74 Å². The van der Waals surface area contributed by atoms with Gasteiger partial charge in [0, 0.05) is 24.1 Å². The van der Waals surface area contributed by atoms with E-state index in [1.165, 1.54) is 0 Å².